The predicted molar refractivity (Wildman–Crippen MR) is 66.5 cm³/mol. The van der Waals surface area contributed by atoms with Gasteiger partial charge in [-0.1, -0.05) is 6.42 Å². The molecule has 1 aliphatic heterocycles. The number of methoxy groups -OCH3 is 1. The zero-order chi connectivity index (χ0) is 13.8. The molecule has 1 aliphatic rings. The van der Waals surface area contributed by atoms with Crippen molar-refractivity contribution in [3.63, 3.8) is 0 Å². The highest BCUT2D eigenvalue weighted by molar-refractivity contribution is 5.75. The van der Waals surface area contributed by atoms with Crippen molar-refractivity contribution in [3.05, 3.63) is 0 Å². The Morgan fingerprint density at radius 3 is 2.50 bits per heavy atom. The Hall–Kier alpha value is -1.10. The number of esters is 1. The first-order chi connectivity index (χ1) is 8.34. The van der Waals surface area contributed by atoms with Crippen LogP contribution in [0.1, 0.15) is 46.5 Å². The third-order valence-electron chi connectivity index (χ3n) is 3.02. The van der Waals surface area contributed by atoms with Crippen molar-refractivity contribution in [1.82, 2.24) is 5.06 Å². The topological polar surface area (TPSA) is 55.8 Å². The Morgan fingerprint density at radius 1 is 1.28 bits per heavy atom. The van der Waals surface area contributed by atoms with Gasteiger partial charge >= 0.3 is 11.9 Å². The Balaban J connectivity index is 2.59. The van der Waals surface area contributed by atoms with Crippen LogP contribution in [0.25, 0.3) is 0 Å². The molecule has 0 spiro atoms. The van der Waals surface area contributed by atoms with Crippen LogP contribution in [0.4, 0.5) is 0 Å². The fourth-order valence-corrected chi connectivity index (χ4v) is 1.82. The molecule has 0 unspecified atom stereocenters. The molecule has 5 nitrogen and oxygen atoms in total. The average molecular weight is 257 g/mol. The van der Waals surface area contributed by atoms with Crippen LogP contribution in [0.3, 0.4) is 0 Å². The summed E-state index contributed by atoms with van der Waals surface area (Å²) in [6.07, 6.45) is 3.15. The van der Waals surface area contributed by atoms with E-state index in [4.69, 9.17) is 4.84 Å². The number of carbonyl (C=O) groups excluding carboxylic acids is 2. The summed E-state index contributed by atoms with van der Waals surface area (Å²) in [7, 11) is 1.37. The second-order valence-corrected chi connectivity index (χ2v) is 5.70. The maximum atomic E-state index is 11.9. The Morgan fingerprint density at radius 2 is 1.94 bits per heavy atom. The number of hydroxylamine groups is 2. The Bertz CT molecular complexity index is 309. The molecule has 1 rings (SSSR count). The van der Waals surface area contributed by atoms with E-state index in [0.717, 1.165) is 19.3 Å². The Kier molecular flexibility index (Phi) is 5.14. The van der Waals surface area contributed by atoms with Crippen LogP contribution < -0.4 is 0 Å². The number of piperidine rings is 1. The molecule has 0 aromatic rings. The van der Waals surface area contributed by atoms with Crippen LogP contribution in [0.5, 0.6) is 0 Å². The molecule has 1 saturated heterocycles. The van der Waals surface area contributed by atoms with Crippen LogP contribution in [0, 0.1) is 5.41 Å². The molecule has 5 heteroatoms. The summed E-state index contributed by atoms with van der Waals surface area (Å²) >= 11 is 0. The fraction of sp³-hybridized carbons (Fsp3) is 0.846. The van der Waals surface area contributed by atoms with Crippen LogP contribution in [0.2, 0.25) is 0 Å². The highest BCUT2D eigenvalue weighted by atomic mass is 16.7. The van der Waals surface area contributed by atoms with Gasteiger partial charge in [-0.2, -0.15) is 0 Å². The standard InChI is InChI=1S/C13H23NO4/c1-13(2,3)12(16)18-14-8-6-5-7-10(14)9-11(15)17-4/h10H,5-9H2,1-4H3/t10-/m0/s1. The summed E-state index contributed by atoms with van der Waals surface area (Å²) in [5, 5.41) is 1.65. The third kappa shape index (κ3) is 4.29. The molecule has 18 heavy (non-hydrogen) atoms. The van der Waals surface area contributed by atoms with E-state index in [0.29, 0.717) is 6.54 Å². The van der Waals surface area contributed by atoms with Crippen molar-refractivity contribution in [2.75, 3.05) is 13.7 Å². The summed E-state index contributed by atoms with van der Waals surface area (Å²) in [5.41, 5.74) is -0.534. The molecule has 0 radical (unpaired) electrons. The molecule has 1 heterocycles. The molecule has 104 valence electrons. The molecule has 0 aliphatic carbocycles. The molecule has 0 N–H and O–H groups in total. The van der Waals surface area contributed by atoms with Crippen LogP contribution in [-0.2, 0) is 19.2 Å². The zero-order valence-corrected chi connectivity index (χ0v) is 11.7. The van der Waals surface area contributed by atoms with Crippen molar-refractivity contribution in [2.45, 2.75) is 52.5 Å². The van der Waals surface area contributed by atoms with Gasteiger partial charge in [0.15, 0.2) is 0 Å². The van der Waals surface area contributed by atoms with Crippen molar-refractivity contribution in [1.29, 1.82) is 0 Å². The lowest BCUT2D eigenvalue weighted by molar-refractivity contribution is -0.218. The lowest BCUT2D eigenvalue weighted by Gasteiger charge is -2.34. The van der Waals surface area contributed by atoms with Crippen molar-refractivity contribution >= 4 is 11.9 Å². The first-order valence-electron chi connectivity index (χ1n) is 6.40. The summed E-state index contributed by atoms with van der Waals surface area (Å²) < 4.78 is 4.67. The molecule has 0 bridgehead atoms. The van der Waals surface area contributed by atoms with Gasteiger partial charge in [0.2, 0.25) is 0 Å². The predicted octanol–water partition coefficient (Wildman–Crippen LogP) is 1.91. The molecular weight excluding hydrogens is 234 g/mol. The van der Waals surface area contributed by atoms with E-state index in [-0.39, 0.29) is 24.4 Å². The van der Waals surface area contributed by atoms with Crippen LogP contribution in [-0.4, -0.2) is 36.7 Å². The highest BCUT2D eigenvalue weighted by Gasteiger charge is 2.32. The molecule has 0 aromatic carbocycles. The number of carbonyl (C=O) groups is 2. The molecule has 0 aromatic heterocycles. The minimum absolute atomic E-state index is 0.0579. The number of hydrogen-bond acceptors (Lipinski definition) is 5. The first-order valence-corrected chi connectivity index (χ1v) is 6.40. The van der Waals surface area contributed by atoms with Gasteiger partial charge in [0.05, 0.1) is 25.0 Å². The number of nitrogens with zero attached hydrogens (tertiary/aromatic N) is 1. The molecule has 0 amide bonds. The normalized spacial score (nSPS) is 21.4. The van der Waals surface area contributed by atoms with Gasteiger partial charge in [0, 0.05) is 6.54 Å². The van der Waals surface area contributed by atoms with E-state index in [1.807, 2.05) is 20.8 Å². The fourth-order valence-electron chi connectivity index (χ4n) is 1.82. The van der Waals surface area contributed by atoms with E-state index in [1.54, 1.807) is 5.06 Å². The summed E-state index contributed by atoms with van der Waals surface area (Å²) in [6, 6.07) is -0.0579. The SMILES string of the molecule is COC(=O)C[C@@H]1CCCCN1OC(=O)C(C)(C)C. The van der Waals surface area contributed by atoms with Crippen molar-refractivity contribution in [2.24, 2.45) is 5.41 Å². The number of ether oxygens (including phenoxy) is 1. The molecule has 0 saturated carbocycles. The van der Waals surface area contributed by atoms with Gasteiger partial charge in [-0.05, 0) is 33.6 Å². The lowest BCUT2D eigenvalue weighted by atomic mass is 9.97. The molecule has 1 atom stereocenters. The second kappa shape index (κ2) is 6.18. The molecular formula is C13H23NO4. The zero-order valence-electron chi connectivity index (χ0n) is 11.7. The van der Waals surface area contributed by atoms with Gasteiger partial charge in [0.25, 0.3) is 0 Å². The quantitative estimate of drug-likeness (QED) is 0.723. The average Bonchev–Trinajstić information content (AvgIpc) is 2.30. The van der Waals surface area contributed by atoms with E-state index in [9.17, 15) is 9.59 Å². The van der Waals surface area contributed by atoms with Gasteiger partial charge in [-0.3, -0.25) is 4.79 Å². The maximum absolute atomic E-state index is 11.9. The van der Waals surface area contributed by atoms with E-state index < -0.39 is 5.41 Å². The smallest absolute Gasteiger partial charge is 0.330 e. The summed E-state index contributed by atoms with van der Waals surface area (Å²) in [4.78, 5) is 28.6. The second-order valence-electron chi connectivity index (χ2n) is 5.70. The highest BCUT2D eigenvalue weighted by Crippen LogP contribution is 2.23. The first kappa shape index (κ1) is 15.0. The van der Waals surface area contributed by atoms with Gasteiger partial charge < -0.3 is 9.57 Å². The third-order valence-corrected chi connectivity index (χ3v) is 3.02. The van der Waals surface area contributed by atoms with Crippen LogP contribution >= 0.6 is 0 Å². The summed E-state index contributed by atoms with van der Waals surface area (Å²) in [6.45, 7) is 6.13. The lowest BCUT2D eigenvalue weighted by Crippen LogP contribution is -2.44. The number of rotatable bonds is 3. The van der Waals surface area contributed by atoms with E-state index in [2.05, 4.69) is 4.74 Å². The van der Waals surface area contributed by atoms with E-state index >= 15 is 0 Å². The van der Waals surface area contributed by atoms with E-state index in [1.165, 1.54) is 7.11 Å². The van der Waals surface area contributed by atoms with Crippen molar-refractivity contribution in [3.8, 4) is 0 Å². The minimum atomic E-state index is -0.534. The van der Waals surface area contributed by atoms with Gasteiger partial charge in [0.1, 0.15) is 0 Å². The monoisotopic (exact) mass is 257 g/mol. The minimum Gasteiger partial charge on any atom is -0.469 e. The largest absolute Gasteiger partial charge is 0.469 e. The number of hydrogen-bond donors (Lipinski definition) is 0. The summed E-state index contributed by atoms with van der Waals surface area (Å²) in [5.74, 6) is -0.530. The van der Waals surface area contributed by atoms with Crippen LogP contribution in [0.15, 0.2) is 0 Å². The van der Waals surface area contributed by atoms with Gasteiger partial charge in [-0.25, -0.2) is 4.79 Å². The van der Waals surface area contributed by atoms with Crippen molar-refractivity contribution < 1.29 is 19.2 Å². The molecule has 1 fully saturated rings. The Labute approximate surface area is 108 Å². The maximum Gasteiger partial charge on any atom is 0.330 e. The van der Waals surface area contributed by atoms with Gasteiger partial charge in [-0.15, -0.1) is 5.06 Å².